The van der Waals surface area contributed by atoms with E-state index in [9.17, 15) is 4.79 Å². The van der Waals surface area contributed by atoms with Crippen molar-refractivity contribution >= 4 is 17.5 Å². The van der Waals surface area contributed by atoms with Gasteiger partial charge in [-0.1, -0.05) is 41.4 Å². The first kappa shape index (κ1) is 15.6. The molecular formula is C18H20ClNO. The normalized spacial score (nSPS) is 12.0. The van der Waals surface area contributed by atoms with Crippen LogP contribution < -0.4 is 5.32 Å². The van der Waals surface area contributed by atoms with Gasteiger partial charge in [-0.05, 0) is 56.5 Å². The maximum atomic E-state index is 12.4. The lowest BCUT2D eigenvalue weighted by Crippen LogP contribution is -2.27. The molecule has 2 nitrogen and oxygen atoms in total. The van der Waals surface area contributed by atoms with Crippen LogP contribution in [0.4, 0.5) is 0 Å². The number of rotatable bonds is 3. The zero-order chi connectivity index (χ0) is 15.6. The fourth-order valence-corrected chi connectivity index (χ4v) is 2.70. The number of benzene rings is 2. The third-order valence-corrected chi connectivity index (χ3v) is 3.93. The molecule has 1 amide bonds. The Morgan fingerprint density at radius 2 is 1.67 bits per heavy atom. The third kappa shape index (κ3) is 3.64. The third-order valence-electron chi connectivity index (χ3n) is 3.62. The van der Waals surface area contributed by atoms with Gasteiger partial charge in [0.2, 0.25) is 0 Å². The first-order valence-electron chi connectivity index (χ1n) is 7.02. The van der Waals surface area contributed by atoms with Gasteiger partial charge in [0.15, 0.2) is 0 Å². The maximum absolute atomic E-state index is 12.4. The van der Waals surface area contributed by atoms with E-state index in [1.54, 1.807) is 12.1 Å². The molecule has 0 saturated carbocycles. The Morgan fingerprint density at radius 1 is 1.05 bits per heavy atom. The average Bonchev–Trinajstić information content (AvgIpc) is 2.41. The van der Waals surface area contributed by atoms with E-state index in [1.165, 1.54) is 11.1 Å². The lowest BCUT2D eigenvalue weighted by Gasteiger charge is -2.18. The molecule has 2 aromatic carbocycles. The fraction of sp³-hybridized carbons (Fsp3) is 0.278. The van der Waals surface area contributed by atoms with E-state index in [0.29, 0.717) is 10.6 Å². The summed E-state index contributed by atoms with van der Waals surface area (Å²) in [5.74, 6) is -0.145. The van der Waals surface area contributed by atoms with Crippen LogP contribution in [0.3, 0.4) is 0 Å². The van der Waals surface area contributed by atoms with Crippen molar-refractivity contribution in [2.24, 2.45) is 0 Å². The number of nitrogens with one attached hydrogen (secondary N) is 1. The molecule has 0 aliphatic rings. The number of aryl methyl sites for hydroxylation is 3. The van der Waals surface area contributed by atoms with E-state index < -0.39 is 0 Å². The molecule has 0 heterocycles. The highest BCUT2D eigenvalue weighted by Crippen LogP contribution is 2.21. The maximum Gasteiger partial charge on any atom is 0.253 e. The Morgan fingerprint density at radius 3 is 2.33 bits per heavy atom. The van der Waals surface area contributed by atoms with E-state index >= 15 is 0 Å². The highest BCUT2D eigenvalue weighted by atomic mass is 35.5. The van der Waals surface area contributed by atoms with Crippen molar-refractivity contribution in [3.63, 3.8) is 0 Å². The summed E-state index contributed by atoms with van der Waals surface area (Å²) in [7, 11) is 0. The number of carbonyl (C=O) groups excluding carboxylic acids is 1. The molecule has 1 atom stereocenters. The minimum absolute atomic E-state index is 0.0604. The first-order chi connectivity index (χ1) is 9.88. The molecule has 0 radical (unpaired) electrons. The Labute approximate surface area is 131 Å². The Balaban J connectivity index is 2.20. The Hall–Kier alpha value is -1.80. The van der Waals surface area contributed by atoms with Crippen molar-refractivity contribution in [3.8, 4) is 0 Å². The van der Waals surface area contributed by atoms with Crippen LogP contribution in [-0.4, -0.2) is 5.91 Å². The lowest BCUT2D eigenvalue weighted by molar-refractivity contribution is 0.0940. The van der Waals surface area contributed by atoms with Crippen LogP contribution in [0.1, 0.15) is 45.6 Å². The molecule has 0 aromatic heterocycles. The summed E-state index contributed by atoms with van der Waals surface area (Å²) in [4.78, 5) is 12.4. The summed E-state index contributed by atoms with van der Waals surface area (Å²) >= 11 is 6.15. The van der Waals surface area contributed by atoms with E-state index in [1.807, 2.05) is 26.8 Å². The Kier molecular flexibility index (Phi) is 4.69. The van der Waals surface area contributed by atoms with E-state index in [-0.39, 0.29) is 11.9 Å². The molecule has 1 N–H and O–H groups in total. The minimum atomic E-state index is -0.145. The summed E-state index contributed by atoms with van der Waals surface area (Å²) in [5, 5.41) is 3.50. The second-order valence-electron chi connectivity index (χ2n) is 5.54. The van der Waals surface area contributed by atoms with Gasteiger partial charge in [-0.3, -0.25) is 4.79 Å². The van der Waals surface area contributed by atoms with Crippen molar-refractivity contribution in [3.05, 3.63) is 69.2 Å². The van der Waals surface area contributed by atoms with Crippen LogP contribution in [0.5, 0.6) is 0 Å². The first-order valence-corrected chi connectivity index (χ1v) is 7.40. The molecule has 0 aliphatic carbocycles. The van der Waals surface area contributed by atoms with Crippen LogP contribution in [-0.2, 0) is 0 Å². The minimum Gasteiger partial charge on any atom is -0.345 e. The monoisotopic (exact) mass is 301 g/mol. The van der Waals surface area contributed by atoms with Crippen molar-refractivity contribution in [2.45, 2.75) is 33.7 Å². The number of amides is 1. The van der Waals surface area contributed by atoms with Gasteiger partial charge in [-0.2, -0.15) is 0 Å². The van der Waals surface area contributed by atoms with Gasteiger partial charge in [-0.15, -0.1) is 0 Å². The smallest absolute Gasteiger partial charge is 0.253 e. The molecule has 0 saturated heterocycles. The molecule has 3 heteroatoms. The molecule has 2 aromatic rings. The predicted octanol–water partition coefficient (Wildman–Crippen LogP) is 4.76. The van der Waals surface area contributed by atoms with E-state index in [4.69, 9.17) is 11.6 Å². The summed E-state index contributed by atoms with van der Waals surface area (Å²) < 4.78 is 0. The quantitative estimate of drug-likeness (QED) is 0.870. The molecule has 0 fully saturated rings. The van der Waals surface area contributed by atoms with Crippen molar-refractivity contribution in [1.29, 1.82) is 0 Å². The van der Waals surface area contributed by atoms with Gasteiger partial charge in [0.25, 0.3) is 5.91 Å². The van der Waals surface area contributed by atoms with Crippen LogP contribution >= 0.6 is 11.6 Å². The SMILES string of the molecule is Cc1ccc(C(=O)N[C@@H](C)c2cc(C)ccc2C)c(Cl)c1. The Bertz CT molecular complexity index is 679. The zero-order valence-corrected chi connectivity index (χ0v) is 13.6. The van der Waals surface area contributed by atoms with E-state index in [2.05, 4.69) is 30.4 Å². The predicted molar refractivity (Wildman–Crippen MR) is 88.0 cm³/mol. The van der Waals surface area contributed by atoms with Crippen LogP contribution in [0.15, 0.2) is 36.4 Å². The summed E-state index contributed by atoms with van der Waals surface area (Å²) in [6.07, 6.45) is 0. The number of halogens is 1. The van der Waals surface area contributed by atoms with Gasteiger partial charge in [0.1, 0.15) is 0 Å². The molecule has 2 rings (SSSR count). The van der Waals surface area contributed by atoms with Gasteiger partial charge < -0.3 is 5.32 Å². The zero-order valence-electron chi connectivity index (χ0n) is 12.8. The number of carbonyl (C=O) groups is 1. The second kappa shape index (κ2) is 6.31. The topological polar surface area (TPSA) is 29.1 Å². The van der Waals surface area contributed by atoms with Gasteiger partial charge in [0.05, 0.1) is 16.6 Å². The lowest BCUT2D eigenvalue weighted by atomic mass is 9.99. The summed E-state index contributed by atoms with van der Waals surface area (Å²) in [6.45, 7) is 8.04. The standard InChI is InChI=1S/C18H20ClNO/c1-11-5-7-13(3)16(9-11)14(4)20-18(21)15-8-6-12(2)10-17(15)19/h5-10,14H,1-4H3,(H,20,21)/t14-/m0/s1. The average molecular weight is 302 g/mol. The fourth-order valence-electron chi connectivity index (χ4n) is 2.38. The molecule has 0 aliphatic heterocycles. The molecule has 0 bridgehead atoms. The highest BCUT2D eigenvalue weighted by Gasteiger charge is 2.15. The van der Waals surface area contributed by atoms with Gasteiger partial charge in [0, 0.05) is 0 Å². The molecule has 21 heavy (non-hydrogen) atoms. The molecular weight excluding hydrogens is 282 g/mol. The van der Waals surface area contributed by atoms with Crippen LogP contribution in [0.25, 0.3) is 0 Å². The summed E-state index contributed by atoms with van der Waals surface area (Å²) in [5.41, 5.74) is 5.04. The van der Waals surface area contributed by atoms with Crippen LogP contribution in [0, 0.1) is 20.8 Å². The molecule has 0 unspecified atom stereocenters. The molecule has 110 valence electrons. The summed E-state index contributed by atoms with van der Waals surface area (Å²) in [6, 6.07) is 11.7. The van der Waals surface area contributed by atoms with Crippen molar-refractivity contribution in [1.82, 2.24) is 5.32 Å². The molecule has 0 spiro atoms. The van der Waals surface area contributed by atoms with Crippen LogP contribution in [0.2, 0.25) is 5.02 Å². The van der Waals surface area contributed by atoms with E-state index in [0.717, 1.165) is 11.1 Å². The second-order valence-corrected chi connectivity index (χ2v) is 5.95. The van der Waals surface area contributed by atoms with Crippen molar-refractivity contribution in [2.75, 3.05) is 0 Å². The number of hydrogen-bond acceptors (Lipinski definition) is 1. The van der Waals surface area contributed by atoms with Gasteiger partial charge in [-0.25, -0.2) is 0 Å². The van der Waals surface area contributed by atoms with Gasteiger partial charge >= 0.3 is 0 Å². The number of hydrogen-bond donors (Lipinski definition) is 1. The largest absolute Gasteiger partial charge is 0.345 e. The van der Waals surface area contributed by atoms with Crippen molar-refractivity contribution < 1.29 is 4.79 Å². The highest BCUT2D eigenvalue weighted by molar-refractivity contribution is 6.33.